The van der Waals surface area contributed by atoms with Gasteiger partial charge in [-0.2, -0.15) is 0 Å². The van der Waals surface area contributed by atoms with Gasteiger partial charge in [-0.3, -0.25) is 4.79 Å². The minimum atomic E-state index is -0.131. The molecule has 0 radical (unpaired) electrons. The maximum absolute atomic E-state index is 12.7. The number of amides is 1. The van der Waals surface area contributed by atoms with Crippen molar-refractivity contribution in [2.75, 3.05) is 5.32 Å². The average molecular weight is 369 g/mol. The molecular weight excluding hydrogens is 354 g/mol. The molecule has 0 aliphatic heterocycles. The van der Waals surface area contributed by atoms with Crippen molar-refractivity contribution in [3.8, 4) is 0 Å². The van der Waals surface area contributed by atoms with Crippen LogP contribution in [0.1, 0.15) is 15.9 Å². The Morgan fingerprint density at radius 3 is 2.44 bits per heavy atom. The second-order valence-electron chi connectivity index (χ2n) is 6.50. The largest absolute Gasteiger partial charge is 0.322 e. The fourth-order valence-electron chi connectivity index (χ4n) is 3.12. The van der Waals surface area contributed by atoms with Gasteiger partial charge in [0.05, 0.1) is 11.0 Å². The number of nitrogens with zero attached hydrogens (tertiary/aromatic N) is 2. The van der Waals surface area contributed by atoms with E-state index in [0.717, 1.165) is 42.7 Å². The summed E-state index contributed by atoms with van der Waals surface area (Å²) in [4.78, 5) is 23.1. The number of hydrogen-bond donors (Lipinski definition) is 1. The van der Waals surface area contributed by atoms with Gasteiger partial charge in [0.1, 0.15) is 10.3 Å². The summed E-state index contributed by atoms with van der Waals surface area (Å²) >= 11 is 1.60. The Kier molecular flexibility index (Phi) is 3.62. The number of carbonyl (C=O) groups excluding carboxylic acids is 1. The zero-order valence-corrected chi connectivity index (χ0v) is 15.4. The number of benzene rings is 3. The maximum atomic E-state index is 12.7. The molecule has 0 saturated heterocycles. The number of aryl methyl sites for hydroxylation is 1. The Morgan fingerprint density at radius 2 is 1.67 bits per heavy atom. The normalized spacial score (nSPS) is 11.3. The first-order valence-corrected chi connectivity index (χ1v) is 9.46. The number of fused-ring (bicyclic) bond motifs is 4. The Hall–Kier alpha value is -3.31. The van der Waals surface area contributed by atoms with Crippen molar-refractivity contribution in [1.29, 1.82) is 0 Å². The lowest BCUT2D eigenvalue weighted by atomic mass is 10.1. The summed E-state index contributed by atoms with van der Waals surface area (Å²) in [7, 11) is 0. The molecular formula is C22H15N3OS. The molecule has 1 amide bonds. The SMILES string of the molecule is Cc1ccc(NC(=O)c2ccc3sc4nc5ccccc5nc4c3c2)cc1. The van der Waals surface area contributed by atoms with E-state index in [1.54, 1.807) is 11.3 Å². The van der Waals surface area contributed by atoms with Crippen LogP contribution >= 0.6 is 11.3 Å². The molecule has 2 heterocycles. The predicted molar refractivity (Wildman–Crippen MR) is 112 cm³/mol. The molecule has 0 atom stereocenters. The van der Waals surface area contributed by atoms with E-state index >= 15 is 0 Å². The lowest BCUT2D eigenvalue weighted by molar-refractivity contribution is 0.102. The number of aromatic nitrogens is 2. The van der Waals surface area contributed by atoms with Crippen molar-refractivity contribution in [2.24, 2.45) is 0 Å². The molecule has 0 spiro atoms. The Morgan fingerprint density at radius 1 is 0.926 bits per heavy atom. The molecule has 27 heavy (non-hydrogen) atoms. The van der Waals surface area contributed by atoms with Gasteiger partial charge in [0.25, 0.3) is 5.91 Å². The molecule has 0 fully saturated rings. The van der Waals surface area contributed by atoms with Gasteiger partial charge in [-0.05, 0) is 49.4 Å². The third kappa shape index (κ3) is 2.82. The minimum absolute atomic E-state index is 0.131. The molecule has 5 aromatic rings. The molecule has 4 nitrogen and oxygen atoms in total. The van der Waals surface area contributed by atoms with E-state index in [0.29, 0.717) is 5.56 Å². The van der Waals surface area contributed by atoms with Gasteiger partial charge in [0.2, 0.25) is 0 Å². The van der Waals surface area contributed by atoms with Gasteiger partial charge < -0.3 is 5.32 Å². The van der Waals surface area contributed by atoms with Gasteiger partial charge in [0, 0.05) is 21.3 Å². The number of para-hydroxylation sites is 2. The van der Waals surface area contributed by atoms with Crippen LogP contribution in [0.4, 0.5) is 5.69 Å². The molecule has 1 N–H and O–H groups in total. The van der Waals surface area contributed by atoms with Crippen LogP contribution in [0.3, 0.4) is 0 Å². The van der Waals surface area contributed by atoms with E-state index in [1.165, 1.54) is 0 Å². The number of carbonyl (C=O) groups is 1. The summed E-state index contributed by atoms with van der Waals surface area (Å²) in [6, 6.07) is 21.3. The fraction of sp³-hybridized carbons (Fsp3) is 0.0455. The highest BCUT2D eigenvalue weighted by Crippen LogP contribution is 2.33. The molecule has 0 aliphatic rings. The zero-order valence-electron chi connectivity index (χ0n) is 14.6. The summed E-state index contributed by atoms with van der Waals surface area (Å²) in [5, 5.41) is 3.91. The smallest absolute Gasteiger partial charge is 0.255 e. The van der Waals surface area contributed by atoms with E-state index in [9.17, 15) is 4.79 Å². The first-order valence-electron chi connectivity index (χ1n) is 8.64. The van der Waals surface area contributed by atoms with E-state index in [-0.39, 0.29) is 5.91 Å². The van der Waals surface area contributed by atoms with Crippen LogP contribution in [0.15, 0.2) is 66.7 Å². The van der Waals surface area contributed by atoms with E-state index in [2.05, 4.69) is 5.32 Å². The highest BCUT2D eigenvalue weighted by Gasteiger charge is 2.13. The highest BCUT2D eigenvalue weighted by atomic mass is 32.1. The van der Waals surface area contributed by atoms with Crippen molar-refractivity contribution in [1.82, 2.24) is 9.97 Å². The topological polar surface area (TPSA) is 54.9 Å². The summed E-state index contributed by atoms with van der Waals surface area (Å²) in [6.07, 6.45) is 0. The zero-order chi connectivity index (χ0) is 18.4. The first kappa shape index (κ1) is 15.9. The van der Waals surface area contributed by atoms with Crippen LogP contribution < -0.4 is 5.32 Å². The number of anilines is 1. The molecule has 3 aromatic carbocycles. The summed E-state index contributed by atoms with van der Waals surface area (Å²) < 4.78 is 1.08. The third-order valence-electron chi connectivity index (χ3n) is 4.55. The first-order chi connectivity index (χ1) is 13.2. The fourth-order valence-corrected chi connectivity index (χ4v) is 4.13. The monoisotopic (exact) mass is 369 g/mol. The molecule has 130 valence electrons. The lowest BCUT2D eigenvalue weighted by Gasteiger charge is -2.06. The number of rotatable bonds is 2. The van der Waals surface area contributed by atoms with Gasteiger partial charge >= 0.3 is 0 Å². The van der Waals surface area contributed by atoms with E-state index < -0.39 is 0 Å². The van der Waals surface area contributed by atoms with Crippen molar-refractivity contribution < 1.29 is 4.79 Å². The molecule has 5 heteroatoms. The van der Waals surface area contributed by atoms with Crippen LogP contribution in [0.2, 0.25) is 0 Å². The molecule has 0 saturated carbocycles. The number of hydrogen-bond acceptors (Lipinski definition) is 4. The van der Waals surface area contributed by atoms with Crippen LogP contribution in [0.5, 0.6) is 0 Å². The number of nitrogens with one attached hydrogen (secondary N) is 1. The van der Waals surface area contributed by atoms with Crippen LogP contribution in [-0.2, 0) is 0 Å². The summed E-state index contributed by atoms with van der Waals surface area (Å²) in [6.45, 7) is 2.02. The van der Waals surface area contributed by atoms with Crippen LogP contribution in [-0.4, -0.2) is 15.9 Å². The summed E-state index contributed by atoms with van der Waals surface area (Å²) in [5.41, 5.74) is 5.14. The van der Waals surface area contributed by atoms with Crippen molar-refractivity contribution >= 4 is 54.4 Å². The number of thiophene rings is 1. The molecule has 0 unspecified atom stereocenters. The van der Waals surface area contributed by atoms with Crippen molar-refractivity contribution in [2.45, 2.75) is 6.92 Å². The van der Waals surface area contributed by atoms with Crippen LogP contribution in [0.25, 0.3) is 31.5 Å². The van der Waals surface area contributed by atoms with Gasteiger partial charge in [0.15, 0.2) is 0 Å². The summed E-state index contributed by atoms with van der Waals surface area (Å²) in [5.74, 6) is -0.131. The maximum Gasteiger partial charge on any atom is 0.255 e. The van der Waals surface area contributed by atoms with Gasteiger partial charge in [-0.25, -0.2) is 9.97 Å². The van der Waals surface area contributed by atoms with Crippen molar-refractivity contribution in [3.63, 3.8) is 0 Å². The standard InChI is InChI=1S/C22H15N3OS/c1-13-6-9-15(10-7-13)23-21(26)14-8-11-19-16(12-14)20-22(27-19)25-18-5-3-2-4-17(18)24-20/h2-12H,1H3,(H,23,26). The average Bonchev–Trinajstić information content (AvgIpc) is 3.04. The molecule has 5 rings (SSSR count). The lowest BCUT2D eigenvalue weighted by Crippen LogP contribution is -2.11. The predicted octanol–water partition coefficient (Wildman–Crippen LogP) is 5.56. The van der Waals surface area contributed by atoms with Gasteiger partial charge in [-0.15, -0.1) is 11.3 Å². The van der Waals surface area contributed by atoms with Crippen molar-refractivity contribution in [3.05, 3.63) is 77.9 Å². The van der Waals surface area contributed by atoms with Crippen LogP contribution in [0, 0.1) is 6.92 Å². The second kappa shape index (κ2) is 6.14. The van der Waals surface area contributed by atoms with Gasteiger partial charge in [-0.1, -0.05) is 29.8 Å². The van der Waals surface area contributed by atoms with E-state index in [4.69, 9.17) is 9.97 Å². The third-order valence-corrected chi connectivity index (χ3v) is 5.61. The molecule has 0 aliphatic carbocycles. The quantitative estimate of drug-likeness (QED) is 0.443. The minimum Gasteiger partial charge on any atom is -0.322 e. The Bertz CT molecular complexity index is 1320. The Balaban J connectivity index is 1.59. The Labute approximate surface area is 159 Å². The molecule has 0 bridgehead atoms. The van der Waals surface area contributed by atoms with E-state index in [1.807, 2.05) is 73.7 Å². The second-order valence-corrected chi connectivity index (χ2v) is 7.53. The highest BCUT2D eigenvalue weighted by molar-refractivity contribution is 7.25. The molecule has 2 aromatic heterocycles.